The Morgan fingerprint density at radius 1 is 0.857 bits per heavy atom. The molecule has 0 aliphatic heterocycles. The summed E-state index contributed by atoms with van der Waals surface area (Å²) >= 11 is 0. The third-order valence-electron chi connectivity index (χ3n) is 3.11. The first kappa shape index (κ1) is 15.4. The Morgan fingerprint density at radius 3 is 2.10 bits per heavy atom. The van der Waals surface area contributed by atoms with Gasteiger partial charge in [-0.2, -0.15) is 0 Å². The Hall–Kier alpha value is -2.00. The molecule has 0 amide bonds. The van der Waals surface area contributed by atoms with Crippen LogP contribution >= 0.6 is 0 Å². The van der Waals surface area contributed by atoms with E-state index >= 15 is 0 Å². The molecule has 21 heavy (non-hydrogen) atoms. The second kappa shape index (κ2) is 8.32. The Kier molecular flexibility index (Phi) is 6.10. The van der Waals surface area contributed by atoms with Crippen LogP contribution in [-0.2, 0) is 13.2 Å². The summed E-state index contributed by atoms with van der Waals surface area (Å²) in [6.45, 7) is 4.23. The molecule has 112 valence electrons. The zero-order valence-electron chi connectivity index (χ0n) is 12.8. The Bertz CT molecular complexity index is 537. The molecule has 2 rings (SSSR count). The van der Waals surface area contributed by atoms with Crippen LogP contribution in [-0.4, -0.2) is 13.7 Å². The maximum atomic E-state index is 5.88. The summed E-state index contributed by atoms with van der Waals surface area (Å²) in [6.07, 6.45) is 0.987. The third-order valence-corrected chi connectivity index (χ3v) is 3.11. The minimum Gasteiger partial charge on any atom is -0.490 e. The van der Waals surface area contributed by atoms with Crippen molar-refractivity contribution in [3.05, 3.63) is 59.7 Å². The van der Waals surface area contributed by atoms with Gasteiger partial charge in [-0.15, -0.1) is 0 Å². The van der Waals surface area contributed by atoms with Gasteiger partial charge < -0.3 is 14.8 Å². The Morgan fingerprint density at radius 2 is 1.48 bits per heavy atom. The van der Waals surface area contributed by atoms with Crippen LogP contribution in [0.5, 0.6) is 11.5 Å². The number of ether oxygens (including phenoxy) is 2. The molecular weight excluding hydrogens is 262 g/mol. The predicted octanol–water partition coefficient (Wildman–Crippen LogP) is 3.77. The first-order chi connectivity index (χ1) is 10.3. The van der Waals surface area contributed by atoms with Crippen molar-refractivity contribution >= 4 is 0 Å². The lowest BCUT2D eigenvalue weighted by Gasteiger charge is -2.12. The summed E-state index contributed by atoms with van der Waals surface area (Å²) in [7, 11) is 1.95. The van der Waals surface area contributed by atoms with Crippen molar-refractivity contribution in [2.24, 2.45) is 0 Å². The molecule has 0 bridgehead atoms. The molecule has 1 N–H and O–H groups in total. The maximum absolute atomic E-state index is 5.88. The number of hydrogen-bond acceptors (Lipinski definition) is 3. The SMILES string of the molecule is CCCOc1ccccc1OCc1ccc(CNC)cc1. The number of benzene rings is 2. The zero-order chi connectivity index (χ0) is 14.9. The molecule has 2 aromatic carbocycles. The summed E-state index contributed by atoms with van der Waals surface area (Å²) in [4.78, 5) is 0. The van der Waals surface area contributed by atoms with E-state index in [1.807, 2.05) is 31.3 Å². The number of rotatable bonds is 8. The lowest BCUT2D eigenvalue weighted by Crippen LogP contribution is -2.05. The summed E-state index contributed by atoms with van der Waals surface area (Å²) in [5, 5.41) is 3.14. The topological polar surface area (TPSA) is 30.5 Å². The van der Waals surface area contributed by atoms with Gasteiger partial charge in [-0.3, -0.25) is 0 Å². The van der Waals surface area contributed by atoms with E-state index < -0.39 is 0 Å². The molecule has 0 aromatic heterocycles. The molecule has 0 unspecified atom stereocenters. The van der Waals surface area contributed by atoms with Gasteiger partial charge in [0.25, 0.3) is 0 Å². The van der Waals surface area contributed by atoms with Crippen LogP contribution < -0.4 is 14.8 Å². The number of para-hydroxylation sites is 2. The Labute approximate surface area is 126 Å². The lowest BCUT2D eigenvalue weighted by molar-refractivity contribution is 0.262. The lowest BCUT2D eigenvalue weighted by atomic mass is 10.1. The van der Waals surface area contributed by atoms with Gasteiger partial charge in [0.05, 0.1) is 6.61 Å². The highest BCUT2D eigenvalue weighted by Gasteiger charge is 2.04. The van der Waals surface area contributed by atoms with E-state index in [1.54, 1.807) is 0 Å². The standard InChI is InChI=1S/C18H23NO2/c1-3-12-20-17-6-4-5-7-18(17)21-14-16-10-8-15(9-11-16)13-19-2/h4-11,19H,3,12-14H2,1-2H3. The second-order valence-corrected chi connectivity index (χ2v) is 4.93. The van der Waals surface area contributed by atoms with Crippen molar-refractivity contribution < 1.29 is 9.47 Å². The molecule has 0 spiro atoms. The van der Waals surface area contributed by atoms with Crippen LogP contribution in [0.3, 0.4) is 0 Å². The average molecular weight is 285 g/mol. The highest BCUT2D eigenvalue weighted by Crippen LogP contribution is 2.27. The van der Waals surface area contributed by atoms with Gasteiger partial charge >= 0.3 is 0 Å². The summed E-state index contributed by atoms with van der Waals surface area (Å²) in [5.41, 5.74) is 2.42. The molecule has 0 saturated carbocycles. The molecule has 0 atom stereocenters. The minimum atomic E-state index is 0.548. The van der Waals surface area contributed by atoms with Crippen LogP contribution in [0.25, 0.3) is 0 Å². The molecule has 0 aliphatic rings. The van der Waals surface area contributed by atoms with Crippen LogP contribution in [0.1, 0.15) is 24.5 Å². The largest absolute Gasteiger partial charge is 0.490 e. The highest BCUT2D eigenvalue weighted by molar-refractivity contribution is 5.39. The van der Waals surface area contributed by atoms with Gasteiger partial charge in [0.15, 0.2) is 11.5 Å². The van der Waals surface area contributed by atoms with Crippen molar-refractivity contribution in [2.45, 2.75) is 26.5 Å². The number of hydrogen-bond donors (Lipinski definition) is 1. The van der Waals surface area contributed by atoms with E-state index in [2.05, 4.69) is 36.5 Å². The van der Waals surface area contributed by atoms with Crippen molar-refractivity contribution in [1.82, 2.24) is 5.32 Å². The molecule has 0 fully saturated rings. The van der Waals surface area contributed by atoms with Crippen molar-refractivity contribution in [2.75, 3.05) is 13.7 Å². The smallest absolute Gasteiger partial charge is 0.161 e. The van der Waals surface area contributed by atoms with Gasteiger partial charge in [0.1, 0.15) is 6.61 Å². The minimum absolute atomic E-state index is 0.548. The Balaban J connectivity index is 1.96. The normalized spacial score (nSPS) is 10.4. The van der Waals surface area contributed by atoms with Crippen LogP contribution in [0.2, 0.25) is 0 Å². The molecule has 3 heteroatoms. The average Bonchev–Trinajstić information content (AvgIpc) is 2.53. The van der Waals surface area contributed by atoms with Crippen LogP contribution in [0.15, 0.2) is 48.5 Å². The van der Waals surface area contributed by atoms with E-state index in [0.29, 0.717) is 13.2 Å². The van der Waals surface area contributed by atoms with E-state index in [-0.39, 0.29) is 0 Å². The summed E-state index contributed by atoms with van der Waals surface area (Å²) in [5.74, 6) is 1.61. The monoisotopic (exact) mass is 285 g/mol. The van der Waals surface area contributed by atoms with Crippen molar-refractivity contribution in [1.29, 1.82) is 0 Å². The summed E-state index contributed by atoms with van der Waals surface area (Å²) in [6, 6.07) is 16.3. The quantitative estimate of drug-likeness (QED) is 0.801. The molecule has 3 nitrogen and oxygen atoms in total. The first-order valence-corrected chi connectivity index (χ1v) is 7.40. The summed E-state index contributed by atoms with van der Waals surface area (Å²) < 4.78 is 11.6. The van der Waals surface area contributed by atoms with Crippen molar-refractivity contribution in [3.63, 3.8) is 0 Å². The van der Waals surface area contributed by atoms with Gasteiger partial charge in [0.2, 0.25) is 0 Å². The number of nitrogens with one attached hydrogen (secondary N) is 1. The maximum Gasteiger partial charge on any atom is 0.161 e. The third kappa shape index (κ3) is 4.80. The fourth-order valence-electron chi connectivity index (χ4n) is 2.02. The van der Waals surface area contributed by atoms with Crippen molar-refractivity contribution in [3.8, 4) is 11.5 Å². The molecule has 0 saturated heterocycles. The van der Waals surface area contributed by atoms with E-state index in [1.165, 1.54) is 5.56 Å². The second-order valence-electron chi connectivity index (χ2n) is 4.93. The fourth-order valence-corrected chi connectivity index (χ4v) is 2.02. The first-order valence-electron chi connectivity index (χ1n) is 7.40. The fraction of sp³-hybridized carbons (Fsp3) is 0.333. The van der Waals surface area contributed by atoms with E-state index in [4.69, 9.17) is 9.47 Å². The van der Waals surface area contributed by atoms with Gasteiger partial charge in [-0.05, 0) is 36.7 Å². The van der Waals surface area contributed by atoms with Crippen LogP contribution in [0.4, 0.5) is 0 Å². The van der Waals surface area contributed by atoms with Gasteiger partial charge in [-0.1, -0.05) is 43.3 Å². The van der Waals surface area contributed by atoms with Gasteiger partial charge in [-0.25, -0.2) is 0 Å². The van der Waals surface area contributed by atoms with Gasteiger partial charge in [0, 0.05) is 6.54 Å². The molecule has 0 radical (unpaired) electrons. The molecule has 2 aromatic rings. The predicted molar refractivity (Wildman–Crippen MR) is 85.8 cm³/mol. The molecule has 0 heterocycles. The van der Waals surface area contributed by atoms with Crippen LogP contribution in [0, 0.1) is 0 Å². The zero-order valence-corrected chi connectivity index (χ0v) is 12.8. The van der Waals surface area contributed by atoms with E-state index in [9.17, 15) is 0 Å². The molecule has 0 aliphatic carbocycles. The molecular formula is C18H23NO2. The highest BCUT2D eigenvalue weighted by atomic mass is 16.5. The van der Waals surface area contributed by atoms with E-state index in [0.717, 1.165) is 30.0 Å².